The van der Waals surface area contributed by atoms with Gasteiger partial charge in [0.1, 0.15) is 11.4 Å². The fraction of sp³-hybridized carbons (Fsp3) is 0.167. The summed E-state index contributed by atoms with van der Waals surface area (Å²) in [6.07, 6.45) is 1.40. The number of nitrogens with zero attached hydrogens (tertiary/aromatic N) is 2. The molecule has 0 atom stereocenters. The number of amides is 1. The quantitative estimate of drug-likeness (QED) is 0.752. The Morgan fingerprint density at radius 1 is 1.56 bits per heavy atom. The van der Waals surface area contributed by atoms with Gasteiger partial charge >= 0.3 is 0 Å². The first-order valence-electron chi connectivity index (χ1n) is 5.40. The van der Waals surface area contributed by atoms with Crippen molar-refractivity contribution in [2.45, 2.75) is 6.54 Å². The number of H-pyrrole nitrogens is 1. The zero-order valence-corrected chi connectivity index (χ0v) is 9.92. The van der Waals surface area contributed by atoms with Crippen LogP contribution >= 0.6 is 0 Å². The van der Waals surface area contributed by atoms with Crippen molar-refractivity contribution in [1.29, 1.82) is 0 Å². The van der Waals surface area contributed by atoms with Gasteiger partial charge in [-0.05, 0) is 17.7 Å². The predicted octanol–water partition coefficient (Wildman–Crippen LogP) is 0.970. The Morgan fingerprint density at radius 3 is 2.94 bits per heavy atom. The zero-order chi connectivity index (χ0) is 13.1. The van der Waals surface area contributed by atoms with Crippen LogP contribution in [0, 0.1) is 0 Å². The molecule has 0 spiro atoms. The Labute approximate surface area is 104 Å². The highest BCUT2D eigenvalue weighted by Crippen LogP contribution is 2.15. The van der Waals surface area contributed by atoms with E-state index in [1.54, 1.807) is 25.2 Å². The summed E-state index contributed by atoms with van der Waals surface area (Å²) in [6, 6.07) is 6.76. The van der Waals surface area contributed by atoms with Crippen LogP contribution in [0.15, 0.2) is 30.5 Å². The largest absolute Gasteiger partial charge is 0.508 e. The predicted molar refractivity (Wildman–Crippen MR) is 66.9 cm³/mol. The van der Waals surface area contributed by atoms with Crippen molar-refractivity contribution in [3.63, 3.8) is 0 Å². The normalized spacial score (nSPS) is 10.3. The summed E-state index contributed by atoms with van der Waals surface area (Å²) in [5.74, 6) is -0.0669. The number of hydrogen-bond donors (Lipinski definition) is 3. The number of carbonyl (C=O) groups is 1. The van der Waals surface area contributed by atoms with Gasteiger partial charge < -0.3 is 15.7 Å². The monoisotopic (exact) mass is 246 g/mol. The number of aromatic hydroxyl groups is 1. The molecule has 0 aliphatic carbocycles. The lowest BCUT2D eigenvalue weighted by atomic mass is 10.2. The van der Waals surface area contributed by atoms with Gasteiger partial charge in [0.2, 0.25) is 0 Å². The molecule has 0 saturated heterocycles. The Hall–Kier alpha value is -2.50. The number of carbonyl (C=O) groups excluding carboxylic acids is 1. The van der Waals surface area contributed by atoms with Crippen molar-refractivity contribution in [3.05, 3.63) is 41.7 Å². The molecule has 4 N–H and O–H groups in total. The molecular weight excluding hydrogens is 232 g/mol. The van der Waals surface area contributed by atoms with E-state index >= 15 is 0 Å². The molecular formula is C12H14N4O2. The minimum absolute atomic E-state index is 0.175. The average Bonchev–Trinajstić information content (AvgIpc) is 2.74. The van der Waals surface area contributed by atoms with Gasteiger partial charge in [-0.1, -0.05) is 12.1 Å². The first kappa shape index (κ1) is 12.0. The highest BCUT2D eigenvalue weighted by atomic mass is 16.3. The SMILES string of the molecule is CN(Cc1cccc(O)c1)C(=O)c1[nH]ncc1N. The molecule has 1 amide bonds. The number of phenols is 1. The van der Waals surface area contributed by atoms with E-state index in [4.69, 9.17) is 5.73 Å². The van der Waals surface area contributed by atoms with Crippen LogP contribution in [-0.2, 0) is 6.54 Å². The van der Waals surface area contributed by atoms with Gasteiger partial charge in [-0.15, -0.1) is 0 Å². The number of nitrogen functional groups attached to an aromatic ring is 1. The number of rotatable bonds is 3. The number of aromatic amines is 1. The molecule has 18 heavy (non-hydrogen) atoms. The molecule has 0 fully saturated rings. The fourth-order valence-electron chi connectivity index (χ4n) is 1.66. The van der Waals surface area contributed by atoms with Gasteiger partial charge in [-0.3, -0.25) is 9.89 Å². The maximum atomic E-state index is 12.0. The van der Waals surface area contributed by atoms with Gasteiger partial charge in [0.25, 0.3) is 5.91 Å². The van der Waals surface area contributed by atoms with E-state index in [0.29, 0.717) is 12.2 Å². The lowest BCUT2D eigenvalue weighted by Gasteiger charge is -2.16. The number of anilines is 1. The van der Waals surface area contributed by atoms with Crippen LogP contribution in [0.25, 0.3) is 0 Å². The molecule has 2 rings (SSSR count). The lowest BCUT2D eigenvalue weighted by Crippen LogP contribution is -2.27. The second-order valence-corrected chi connectivity index (χ2v) is 4.03. The Bertz CT molecular complexity index is 565. The number of aromatic nitrogens is 2. The Balaban J connectivity index is 2.11. The van der Waals surface area contributed by atoms with Crippen molar-refractivity contribution in [2.75, 3.05) is 12.8 Å². The highest BCUT2D eigenvalue weighted by molar-refractivity contribution is 5.96. The molecule has 2 aromatic rings. The van der Waals surface area contributed by atoms with Crippen molar-refractivity contribution in [1.82, 2.24) is 15.1 Å². The summed E-state index contributed by atoms with van der Waals surface area (Å²) in [6.45, 7) is 0.381. The van der Waals surface area contributed by atoms with Crippen molar-refractivity contribution in [2.24, 2.45) is 0 Å². The van der Waals surface area contributed by atoms with Crippen LogP contribution in [0.3, 0.4) is 0 Å². The first-order valence-corrected chi connectivity index (χ1v) is 5.40. The summed E-state index contributed by atoms with van der Waals surface area (Å²) in [7, 11) is 1.66. The van der Waals surface area contributed by atoms with Crippen molar-refractivity contribution in [3.8, 4) is 5.75 Å². The summed E-state index contributed by atoms with van der Waals surface area (Å²) < 4.78 is 0. The maximum Gasteiger partial charge on any atom is 0.274 e. The van der Waals surface area contributed by atoms with Crippen LogP contribution < -0.4 is 5.73 Å². The summed E-state index contributed by atoms with van der Waals surface area (Å²) in [4.78, 5) is 13.5. The molecule has 6 nitrogen and oxygen atoms in total. The Kier molecular flexibility index (Phi) is 3.18. The van der Waals surface area contributed by atoms with Gasteiger partial charge in [-0.2, -0.15) is 5.10 Å². The molecule has 0 unspecified atom stereocenters. The van der Waals surface area contributed by atoms with Gasteiger partial charge in [0, 0.05) is 13.6 Å². The minimum Gasteiger partial charge on any atom is -0.508 e. The third kappa shape index (κ3) is 2.42. The van der Waals surface area contributed by atoms with E-state index in [-0.39, 0.29) is 17.4 Å². The molecule has 1 heterocycles. The van der Waals surface area contributed by atoms with Gasteiger partial charge in [-0.25, -0.2) is 0 Å². The summed E-state index contributed by atoms with van der Waals surface area (Å²) in [5.41, 5.74) is 7.05. The van der Waals surface area contributed by atoms with E-state index in [1.165, 1.54) is 11.1 Å². The van der Waals surface area contributed by atoms with Crippen LogP contribution in [0.2, 0.25) is 0 Å². The number of phenolic OH excluding ortho intramolecular Hbond substituents is 1. The molecule has 1 aromatic heterocycles. The van der Waals surface area contributed by atoms with Gasteiger partial charge in [0.05, 0.1) is 11.9 Å². The molecule has 0 bridgehead atoms. The molecule has 94 valence electrons. The van der Waals surface area contributed by atoms with E-state index in [2.05, 4.69) is 10.2 Å². The van der Waals surface area contributed by atoms with E-state index in [1.807, 2.05) is 6.07 Å². The average molecular weight is 246 g/mol. The third-order valence-corrected chi connectivity index (χ3v) is 2.56. The van der Waals surface area contributed by atoms with Crippen LogP contribution in [-0.4, -0.2) is 33.2 Å². The smallest absolute Gasteiger partial charge is 0.274 e. The van der Waals surface area contributed by atoms with Crippen LogP contribution in [0.4, 0.5) is 5.69 Å². The van der Waals surface area contributed by atoms with Crippen LogP contribution in [0.1, 0.15) is 16.1 Å². The standard InChI is InChI=1S/C12H14N4O2/c1-16(7-8-3-2-4-9(17)5-8)12(18)11-10(13)6-14-15-11/h2-6,17H,7,13H2,1H3,(H,14,15). The number of nitrogens with one attached hydrogen (secondary N) is 1. The minimum atomic E-state index is -0.242. The van der Waals surface area contributed by atoms with Gasteiger partial charge in [0.15, 0.2) is 0 Å². The van der Waals surface area contributed by atoms with E-state index in [0.717, 1.165) is 5.56 Å². The van der Waals surface area contributed by atoms with Crippen molar-refractivity contribution >= 4 is 11.6 Å². The lowest BCUT2D eigenvalue weighted by molar-refractivity contribution is 0.0780. The number of nitrogens with two attached hydrogens (primary N) is 1. The molecule has 1 aromatic carbocycles. The number of benzene rings is 1. The first-order chi connectivity index (χ1) is 8.58. The summed E-state index contributed by atoms with van der Waals surface area (Å²) in [5, 5.41) is 15.6. The fourth-order valence-corrected chi connectivity index (χ4v) is 1.66. The molecule has 0 aliphatic rings. The molecule has 0 saturated carbocycles. The second-order valence-electron chi connectivity index (χ2n) is 4.03. The second kappa shape index (κ2) is 4.79. The van der Waals surface area contributed by atoms with Crippen LogP contribution in [0.5, 0.6) is 5.75 Å². The number of hydrogen-bond acceptors (Lipinski definition) is 4. The summed E-state index contributed by atoms with van der Waals surface area (Å²) >= 11 is 0. The van der Waals surface area contributed by atoms with E-state index < -0.39 is 0 Å². The molecule has 0 radical (unpaired) electrons. The van der Waals surface area contributed by atoms with E-state index in [9.17, 15) is 9.90 Å². The Morgan fingerprint density at radius 2 is 2.33 bits per heavy atom. The maximum absolute atomic E-state index is 12.0. The van der Waals surface area contributed by atoms with Crippen molar-refractivity contribution < 1.29 is 9.90 Å². The highest BCUT2D eigenvalue weighted by Gasteiger charge is 2.16. The third-order valence-electron chi connectivity index (χ3n) is 2.56. The molecule has 6 heteroatoms. The zero-order valence-electron chi connectivity index (χ0n) is 9.92. The topological polar surface area (TPSA) is 95.2 Å². The molecule has 0 aliphatic heterocycles.